The molecule has 0 saturated heterocycles. The second-order valence-electron chi connectivity index (χ2n) is 7.08. The molecular weight excluding hydrogens is 430 g/mol. The van der Waals surface area contributed by atoms with Crippen molar-refractivity contribution < 1.29 is 23.8 Å². The van der Waals surface area contributed by atoms with Crippen LogP contribution < -0.4 is 14.8 Å². The van der Waals surface area contributed by atoms with Crippen molar-refractivity contribution in [3.8, 4) is 11.5 Å². The van der Waals surface area contributed by atoms with Gasteiger partial charge in [0.1, 0.15) is 0 Å². The summed E-state index contributed by atoms with van der Waals surface area (Å²) >= 11 is 1.34. The number of rotatable bonds is 7. The van der Waals surface area contributed by atoms with Crippen LogP contribution in [0.1, 0.15) is 25.3 Å². The van der Waals surface area contributed by atoms with E-state index in [9.17, 15) is 9.59 Å². The molecule has 8 nitrogen and oxygen atoms in total. The average molecular weight is 454 g/mol. The van der Waals surface area contributed by atoms with E-state index in [1.165, 1.54) is 11.8 Å². The fourth-order valence-electron chi connectivity index (χ4n) is 3.23. The van der Waals surface area contributed by atoms with Gasteiger partial charge in [0.15, 0.2) is 11.5 Å². The Labute approximate surface area is 190 Å². The largest absolute Gasteiger partial charge is 0.466 e. The fraction of sp³-hybridized carbons (Fsp3) is 0.304. The first-order valence-electron chi connectivity index (χ1n) is 10.3. The van der Waals surface area contributed by atoms with Gasteiger partial charge in [0, 0.05) is 18.7 Å². The number of esters is 1. The van der Waals surface area contributed by atoms with E-state index < -0.39 is 0 Å². The summed E-state index contributed by atoms with van der Waals surface area (Å²) in [5.41, 5.74) is 3.02. The maximum absolute atomic E-state index is 12.4. The van der Waals surface area contributed by atoms with Crippen LogP contribution in [0.3, 0.4) is 0 Å². The highest BCUT2D eigenvalue weighted by molar-refractivity contribution is 8.14. The minimum Gasteiger partial charge on any atom is -0.466 e. The lowest BCUT2D eigenvalue weighted by Crippen LogP contribution is -2.25. The Balaban J connectivity index is 1.36. The number of para-hydroxylation sites is 2. The number of aliphatic imine (C=N–C) groups is 2. The molecule has 1 amide bonds. The average Bonchev–Trinajstić information content (AvgIpc) is 3.17. The molecule has 2 aliphatic heterocycles. The molecule has 0 radical (unpaired) electrons. The van der Waals surface area contributed by atoms with Crippen LogP contribution in [0, 0.1) is 0 Å². The van der Waals surface area contributed by atoms with E-state index in [2.05, 4.69) is 15.3 Å². The zero-order chi connectivity index (χ0) is 22.3. The van der Waals surface area contributed by atoms with Gasteiger partial charge in [-0.1, -0.05) is 18.2 Å². The molecule has 0 spiro atoms. The quantitative estimate of drug-likeness (QED) is 0.638. The van der Waals surface area contributed by atoms with Gasteiger partial charge in [-0.2, -0.15) is 0 Å². The van der Waals surface area contributed by atoms with Crippen LogP contribution in [0.15, 0.2) is 52.4 Å². The number of nitrogens with zero attached hydrogens (tertiary/aromatic N) is 2. The Hall–Kier alpha value is -3.33. The molecular formula is C23H23N3O5S. The third-order valence-electron chi connectivity index (χ3n) is 4.71. The van der Waals surface area contributed by atoms with Crippen LogP contribution in [0.5, 0.6) is 11.5 Å². The van der Waals surface area contributed by atoms with Gasteiger partial charge in [-0.3, -0.25) is 14.6 Å². The number of carbonyl (C=O) groups excluding carboxylic acids is 2. The van der Waals surface area contributed by atoms with Crippen molar-refractivity contribution in [3.63, 3.8) is 0 Å². The first-order valence-corrected chi connectivity index (χ1v) is 11.3. The third-order valence-corrected chi connectivity index (χ3v) is 5.69. The molecule has 0 unspecified atom stereocenters. The lowest BCUT2D eigenvalue weighted by atomic mass is 10.2. The van der Waals surface area contributed by atoms with Crippen molar-refractivity contribution >= 4 is 45.8 Å². The lowest BCUT2D eigenvalue weighted by Gasteiger charge is -2.08. The van der Waals surface area contributed by atoms with E-state index in [1.54, 1.807) is 6.92 Å². The Morgan fingerprint density at radius 1 is 1.09 bits per heavy atom. The molecule has 166 valence electrons. The highest BCUT2D eigenvalue weighted by Crippen LogP contribution is 2.33. The third kappa shape index (κ3) is 5.67. The van der Waals surface area contributed by atoms with E-state index in [4.69, 9.17) is 14.2 Å². The molecule has 0 aromatic heterocycles. The number of ether oxygens (including phenoxy) is 3. The summed E-state index contributed by atoms with van der Waals surface area (Å²) in [5.74, 6) is 1.17. The van der Waals surface area contributed by atoms with Crippen molar-refractivity contribution in [1.82, 2.24) is 5.32 Å². The smallest absolute Gasteiger partial charge is 0.311 e. The maximum Gasteiger partial charge on any atom is 0.311 e. The van der Waals surface area contributed by atoms with Crippen molar-refractivity contribution in [2.24, 2.45) is 9.98 Å². The van der Waals surface area contributed by atoms with Gasteiger partial charge in [-0.15, -0.1) is 11.8 Å². The minimum atomic E-state index is -0.323. The first kappa shape index (κ1) is 21.9. The molecule has 2 aromatic carbocycles. The summed E-state index contributed by atoms with van der Waals surface area (Å²) in [4.78, 5) is 33.7. The number of amides is 1. The van der Waals surface area contributed by atoms with E-state index in [0.717, 1.165) is 16.3 Å². The van der Waals surface area contributed by atoms with Gasteiger partial charge < -0.3 is 19.5 Å². The van der Waals surface area contributed by atoms with Gasteiger partial charge >= 0.3 is 5.97 Å². The van der Waals surface area contributed by atoms with Gasteiger partial charge in [-0.05, 0) is 36.8 Å². The van der Waals surface area contributed by atoms with Crippen LogP contribution in [0.2, 0.25) is 0 Å². The zero-order valence-electron chi connectivity index (χ0n) is 17.6. The number of nitrogens with one attached hydrogen (secondary N) is 1. The molecule has 0 bridgehead atoms. The molecule has 0 fully saturated rings. The van der Waals surface area contributed by atoms with Crippen molar-refractivity contribution in [1.29, 1.82) is 0 Å². The number of thioether (sulfide) groups is 1. The number of hydrogen-bond donors (Lipinski definition) is 1. The number of benzene rings is 2. The fourth-order valence-corrected chi connectivity index (χ4v) is 4.06. The van der Waals surface area contributed by atoms with Crippen LogP contribution in [0.4, 0.5) is 11.4 Å². The summed E-state index contributed by atoms with van der Waals surface area (Å²) < 4.78 is 15.7. The summed E-state index contributed by atoms with van der Waals surface area (Å²) in [7, 11) is 0. The van der Waals surface area contributed by atoms with Gasteiger partial charge in [0.05, 0.1) is 35.2 Å². The second kappa shape index (κ2) is 10.3. The summed E-state index contributed by atoms with van der Waals surface area (Å²) in [6.45, 7) is 2.70. The summed E-state index contributed by atoms with van der Waals surface area (Å²) in [6, 6.07) is 13.1. The Morgan fingerprint density at radius 3 is 2.69 bits per heavy atom. The number of carbonyl (C=O) groups is 2. The Bertz CT molecular complexity index is 1080. The first-order chi connectivity index (χ1) is 15.6. The molecule has 1 N–H and O–H groups in total. The van der Waals surface area contributed by atoms with E-state index in [-0.39, 0.29) is 30.8 Å². The summed E-state index contributed by atoms with van der Waals surface area (Å²) in [6.07, 6.45) is 0.492. The molecule has 2 heterocycles. The van der Waals surface area contributed by atoms with Gasteiger partial charge in [-0.25, -0.2) is 4.99 Å². The van der Waals surface area contributed by atoms with E-state index >= 15 is 0 Å². The van der Waals surface area contributed by atoms with Crippen molar-refractivity contribution in [2.45, 2.75) is 26.3 Å². The topological polar surface area (TPSA) is 98.6 Å². The lowest BCUT2D eigenvalue weighted by molar-refractivity contribution is -0.141. The standard InChI is InChI=1S/C23H23N3O5S/c1-2-29-23(28)11-16-10-22(26-18-6-4-3-5-17(18)25-16)32-13-21(27)24-12-15-7-8-19-20(9-15)31-14-30-19/h3-9H,2,10-14H2,1H3,(H,24,27). The van der Waals surface area contributed by atoms with E-state index in [1.807, 2.05) is 42.5 Å². The molecule has 0 atom stereocenters. The van der Waals surface area contributed by atoms with Crippen LogP contribution in [-0.4, -0.2) is 41.8 Å². The monoisotopic (exact) mass is 453 g/mol. The SMILES string of the molecule is CCOC(=O)CC1=Nc2ccccc2N=C(SCC(=O)NCc2ccc3c(c2)OCO3)C1. The molecule has 0 aliphatic carbocycles. The van der Waals surface area contributed by atoms with Gasteiger partial charge in [0.2, 0.25) is 12.7 Å². The maximum atomic E-state index is 12.4. The van der Waals surface area contributed by atoms with Crippen molar-refractivity contribution in [2.75, 3.05) is 19.2 Å². The van der Waals surface area contributed by atoms with Crippen molar-refractivity contribution in [3.05, 3.63) is 48.0 Å². The molecule has 9 heteroatoms. The highest BCUT2D eigenvalue weighted by atomic mass is 32.2. The Morgan fingerprint density at radius 2 is 1.88 bits per heavy atom. The molecule has 0 saturated carbocycles. The number of hydrogen-bond acceptors (Lipinski definition) is 8. The summed E-state index contributed by atoms with van der Waals surface area (Å²) in [5, 5.41) is 3.64. The Kier molecular flexibility index (Phi) is 7.06. The van der Waals surface area contributed by atoms with Gasteiger partial charge in [0.25, 0.3) is 0 Å². The normalized spacial score (nSPS) is 14.0. The molecule has 4 rings (SSSR count). The second-order valence-corrected chi connectivity index (χ2v) is 8.13. The predicted octanol–water partition coefficient (Wildman–Crippen LogP) is 3.92. The molecule has 32 heavy (non-hydrogen) atoms. The zero-order valence-corrected chi connectivity index (χ0v) is 18.4. The van der Waals surface area contributed by atoms with Crippen LogP contribution >= 0.6 is 11.8 Å². The predicted molar refractivity (Wildman–Crippen MR) is 123 cm³/mol. The highest BCUT2D eigenvalue weighted by Gasteiger charge is 2.18. The molecule has 2 aliphatic rings. The minimum absolute atomic E-state index is 0.0953. The molecule has 2 aromatic rings. The van der Waals surface area contributed by atoms with E-state index in [0.29, 0.717) is 42.5 Å². The number of fused-ring (bicyclic) bond motifs is 2. The van der Waals surface area contributed by atoms with Crippen LogP contribution in [0.25, 0.3) is 0 Å². The van der Waals surface area contributed by atoms with Crippen LogP contribution in [-0.2, 0) is 20.9 Å².